The summed E-state index contributed by atoms with van der Waals surface area (Å²) in [6.07, 6.45) is 0. The van der Waals surface area contributed by atoms with Gasteiger partial charge in [-0.3, -0.25) is 4.79 Å². The number of nitrogen functional groups attached to an aromatic ring is 1. The van der Waals surface area contributed by atoms with Crippen molar-refractivity contribution < 1.29 is 4.79 Å². The molecular formula is C18H31N3O. The fourth-order valence-electron chi connectivity index (χ4n) is 2.51. The number of nitrogens with zero attached hydrogens (tertiary/aromatic N) is 2. The lowest BCUT2D eigenvalue weighted by molar-refractivity contribution is -0.140. The smallest absolute Gasteiger partial charge is 0.228 e. The van der Waals surface area contributed by atoms with Crippen LogP contribution in [0.2, 0.25) is 0 Å². The van der Waals surface area contributed by atoms with Crippen LogP contribution in [-0.2, 0) is 11.3 Å². The molecule has 22 heavy (non-hydrogen) atoms. The Balaban J connectivity index is 3.14. The van der Waals surface area contributed by atoms with Crippen molar-refractivity contribution in [1.82, 2.24) is 4.90 Å². The second kappa shape index (κ2) is 7.03. The molecule has 0 aliphatic rings. The van der Waals surface area contributed by atoms with Gasteiger partial charge >= 0.3 is 0 Å². The van der Waals surface area contributed by atoms with Gasteiger partial charge in [-0.15, -0.1) is 0 Å². The van der Waals surface area contributed by atoms with E-state index in [-0.39, 0.29) is 11.3 Å². The summed E-state index contributed by atoms with van der Waals surface area (Å²) in [6, 6.07) is 5.88. The lowest BCUT2D eigenvalue weighted by Gasteiger charge is -2.32. The summed E-state index contributed by atoms with van der Waals surface area (Å²) in [5.74, 6) is 0.600. The second-order valence-electron chi connectivity index (χ2n) is 7.61. The Bertz CT molecular complexity index is 516. The molecule has 0 unspecified atom stereocenters. The summed E-state index contributed by atoms with van der Waals surface area (Å²) in [4.78, 5) is 16.8. The van der Waals surface area contributed by atoms with E-state index in [4.69, 9.17) is 5.73 Å². The van der Waals surface area contributed by atoms with E-state index in [0.29, 0.717) is 12.5 Å². The van der Waals surface area contributed by atoms with Gasteiger partial charge in [-0.05, 0) is 29.7 Å². The van der Waals surface area contributed by atoms with Crippen molar-refractivity contribution in [3.63, 3.8) is 0 Å². The van der Waals surface area contributed by atoms with E-state index in [2.05, 4.69) is 18.7 Å². The topological polar surface area (TPSA) is 49.6 Å². The van der Waals surface area contributed by atoms with Gasteiger partial charge in [0.25, 0.3) is 0 Å². The summed E-state index contributed by atoms with van der Waals surface area (Å²) in [7, 11) is 4.01. The fraction of sp³-hybridized carbons (Fsp3) is 0.611. The van der Waals surface area contributed by atoms with Crippen LogP contribution in [0.5, 0.6) is 0 Å². The van der Waals surface area contributed by atoms with Crippen molar-refractivity contribution >= 4 is 17.3 Å². The molecule has 0 aliphatic carbocycles. The van der Waals surface area contributed by atoms with Gasteiger partial charge in [0.1, 0.15) is 0 Å². The number of hydrogen-bond donors (Lipinski definition) is 1. The van der Waals surface area contributed by atoms with Crippen LogP contribution in [0.1, 0.15) is 40.2 Å². The predicted molar refractivity (Wildman–Crippen MR) is 94.9 cm³/mol. The summed E-state index contributed by atoms with van der Waals surface area (Å²) in [5.41, 5.74) is 8.48. The number of hydrogen-bond acceptors (Lipinski definition) is 3. The lowest BCUT2D eigenvalue weighted by atomic mass is 9.93. The Morgan fingerprint density at radius 2 is 1.82 bits per heavy atom. The van der Waals surface area contributed by atoms with Crippen molar-refractivity contribution in [3.8, 4) is 0 Å². The maximum absolute atomic E-state index is 12.8. The van der Waals surface area contributed by atoms with Gasteiger partial charge in [-0.1, -0.05) is 34.6 Å². The van der Waals surface area contributed by atoms with Gasteiger partial charge in [0.15, 0.2) is 0 Å². The minimum absolute atomic E-state index is 0.174. The molecule has 1 amide bonds. The number of benzene rings is 1. The first-order valence-electron chi connectivity index (χ1n) is 7.87. The summed E-state index contributed by atoms with van der Waals surface area (Å²) >= 11 is 0. The Hall–Kier alpha value is -1.71. The zero-order chi connectivity index (χ0) is 17.1. The molecule has 0 atom stereocenters. The van der Waals surface area contributed by atoms with Crippen molar-refractivity contribution in [2.45, 2.75) is 41.2 Å². The maximum Gasteiger partial charge on any atom is 0.228 e. The van der Waals surface area contributed by atoms with Crippen LogP contribution in [0.3, 0.4) is 0 Å². The molecule has 124 valence electrons. The molecule has 2 N–H and O–H groups in total. The molecule has 0 heterocycles. The average molecular weight is 305 g/mol. The SMILES string of the molecule is CC(C)CN(Cc1cc(N)ccc1N(C)C)C(=O)C(C)(C)C. The van der Waals surface area contributed by atoms with E-state index in [0.717, 1.165) is 23.5 Å². The van der Waals surface area contributed by atoms with E-state index >= 15 is 0 Å². The van der Waals surface area contributed by atoms with Crippen LogP contribution in [0.4, 0.5) is 11.4 Å². The van der Waals surface area contributed by atoms with E-state index < -0.39 is 0 Å². The third-order valence-corrected chi connectivity index (χ3v) is 3.46. The molecule has 0 fully saturated rings. The molecule has 1 aromatic rings. The normalized spacial score (nSPS) is 11.6. The van der Waals surface area contributed by atoms with Gasteiger partial charge < -0.3 is 15.5 Å². The van der Waals surface area contributed by atoms with Gasteiger partial charge in [0, 0.05) is 44.0 Å². The molecule has 0 saturated carbocycles. The Kier molecular flexibility index (Phi) is 5.86. The number of carbonyl (C=O) groups excluding carboxylic acids is 1. The van der Waals surface area contributed by atoms with Crippen LogP contribution in [0, 0.1) is 11.3 Å². The van der Waals surface area contributed by atoms with Gasteiger partial charge in [0.05, 0.1) is 0 Å². The standard InChI is InChI=1S/C18H31N3O/c1-13(2)11-21(17(22)18(3,4)5)12-14-10-15(19)8-9-16(14)20(6)7/h8-10,13H,11-12,19H2,1-7H3. The maximum atomic E-state index is 12.8. The number of carbonyl (C=O) groups is 1. The monoisotopic (exact) mass is 305 g/mol. The fourth-order valence-corrected chi connectivity index (χ4v) is 2.51. The summed E-state index contributed by atoms with van der Waals surface area (Å²) < 4.78 is 0. The van der Waals surface area contributed by atoms with Crippen LogP contribution in [0.15, 0.2) is 18.2 Å². The quantitative estimate of drug-likeness (QED) is 0.849. The second-order valence-corrected chi connectivity index (χ2v) is 7.61. The largest absolute Gasteiger partial charge is 0.399 e. The number of nitrogens with two attached hydrogens (primary N) is 1. The molecule has 0 bridgehead atoms. The van der Waals surface area contributed by atoms with E-state index in [1.54, 1.807) is 0 Å². The van der Waals surface area contributed by atoms with Crippen LogP contribution in [0.25, 0.3) is 0 Å². The summed E-state index contributed by atoms with van der Waals surface area (Å²) in [5, 5.41) is 0. The zero-order valence-corrected chi connectivity index (χ0v) is 15.1. The highest BCUT2D eigenvalue weighted by Gasteiger charge is 2.28. The van der Waals surface area contributed by atoms with Gasteiger partial charge in [-0.2, -0.15) is 0 Å². The molecule has 1 rings (SSSR count). The van der Waals surface area contributed by atoms with E-state index in [1.807, 2.05) is 58.0 Å². The van der Waals surface area contributed by atoms with Gasteiger partial charge in [-0.25, -0.2) is 0 Å². The molecule has 1 aromatic carbocycles. The van der Waals surface area contributed by atoms with Crippen molar-refractivity contribution in [2.75, 3.05) is 31.3 Å². The minimum atomic E-state index is -0.381. The van der Waals surface area contributed by atoms with Crippen LogP contribution >= 0.6 is 0 Å². The lowest BCUT2D eigenvalue weighted by Crippen LogP contribution is -2.41. The zero-order valence-electron chi connectivity index (χ0n) is 15.1. The van der Waals surface area contributed by atoms with E-state index in [9.17, 15) is 4.79 Å². The van der Waals surface area contributed by atoms with Crippen LogP contribution in [-0.4, -0.2) is 31.4 Å². The highest BCUT2D eigenvalue weighted by molar-refractivity contribution is 5.81. The number of rotatable bonds is 5. The average Bonchev–Trinajstić information content (AvgIpc) is 2.35. The first kappa shape index (κ1) is 18.3. The molecule has 4 heteroatoms. The molecule has 0 radical (unpaired) electrons. The number of amides is 1. The van der Waals surface area contributed by atoms with Crippen LogP contribution < -0.4 is 10.6 Å². The van der Waals surface area contributed by atoms with Gasteiger partial charge in [0.2, 0.25) is 5.91 Å². The Morgan fingerprint density at radius 3 is 2.27 bits per heavy atom. The van der Waals surface area contributed by atoms with E-state index in [1.165, 1.54) is 0 Å². The Labute approximate surface area is 135 Å². The third-order valence-electron chi connectivity index (χ3n) is 3.46. The molecule has 0 spiro atoms. The predicted octanol–water partition coefficient (Wildman–Crippen LogP) is 3.37. The molecule has 0 aliphatic heterocycles. The molecule has 4 nitrogen and oxygen atoms in total. The first-order valence-corrected chi connectivity index (χ1v) is 7.87. The highest BCUT2D eigenvalue weighted by Crippen LogP contribution is 2.26. The first-order chi connectivity index (χ1) is 10.0. The molecule has 0 saturated heterocycles. The number of anilines is 2. The molecule has 0 aromatic heterocycles. The highest BCUT2D eigenvalue weighted by atomic mass is 16.2. The molecular weight excluding hydrogens is 274 g/mol. The minimum Gasteiger partial charge on any atom is -0.399 e. The van der Waals surface area contributed by atoms with Crippen molar-refractivity contribution in [2.24, 2.45) is 11.3 Å². The Morgan fingerprint density at radius 1 is 1.23 bits per heavy atom. The summed E-state index contributed by atoms with van der Waals surface area (Å²) in [6.45, 7) is 11.5. The van der Waals surface area contributed by atoms with Crippen molar-refractivity contribution in [1.29, 1.82) is 0 Å². The van der Waals surface area contributed by atoms with Crippen molar-refractivity contribution in [3.05, 3.63) is 23.8 Å². The third kappa shape index (κ3) is 4.93.